The van der Waals surface area contributed by atoms with Crippen molar-refractivity contribution in [2.45, 2.75) is 182 Å². The molecule has 0 spiro atoms. The van der Waals surface area contributed by atoms with Gasteiger partial charge in [-0.1, -0.05) is 86.4 Å². The van der Waals surface area contributed by atoms with Crippen LogP contribution in [0.25, 0.3) is 22.6 Å². The highest BCUT2D eigenvalue weighted by Crippen LogP contribution is 2.52. The number of nitrogens with one attached hydrogen (secondary N) is 4. The third-order valence-electron chi connectivity index (χ3n) is 24.1. The third kappa shape index (κ3) is 16.7. The van der Waals surface area contributed by atoms with Gasteiger partial charge in [0.25, 0.3) is 11.8 Å². The van der Waals surface area contributed by atoms with Crippen LogP contribution in [0.4, 0.5) is 5.69 Å². The molecule has 116 heavy (non-hydrogen) atoms. The molecule has 4 saturated heterocycles. The van der Waals surface area contributed by atoms with Crippen molar-refractivity contribution in [1.29, 1.82) is 0 Å². The number of aromatic nitrogens is 1. The van der Waals surface area contributed by atoms with E-state index >= 15 is 9.59 Å². The molecule has 6 N–H and O–H groups in total. The van der Waals surface area contributed by atoms with Crippen molar-refractivity contribution in [2.24, 2.45) is 59.2 Å². The Kier molecular flexibility index (Phi) is 25.2. The number of ether oxygens (including phenoxy) is 8. The molecule has 7 heterocycles. The van der Waals surface area contributed by atoms with Gasteiger partial charge in [-0.2, -0.15) is 0 Å². The zero-order valence-corrected chi connectivity index (χ0v) is 68.4. The Hall–Kier alpha value is -10.8. The number of carbonyl (C=O) groups excluding carboxylic acids is 12. The van der Waals surface area contributed by atoms with Gasteiger partial charge in [0.2, 0.25) is 54.5 Å². The predicted molar refractivity (Wildman–Crippen MR) is 417 cm³/mol. The minimum Gasteiger partial charge on any atom is -0.458 e. The van der Waals surface area contributed by atoms with Gasteiger partial charge in [0.1, 0.15) is 47.6 Å². The second-order valence-electron chi connectivity index (χ2n) is 33.3. The summed E-state index contributed by atoms with van der Waals surface area (Å²) in [6.45, 7) is 20.2. The van der Waals surface area contributed by atoms with Gasteiger partial charge in [0, 0.05) is 69.3 Å². The maximum absolute atomic E-state index is 15.2. The number of ketones is 2. The molecular weight excluding hydrogens is 1500 g/mol. The lowest BCUT2D eigenvalue weighted by Gasteiger charge is -2.35. The van der Waals surface area contributed by atoms with E-state index in [1.807, 2.05) is 24.3 Å². The monoisotopic (exact) mass is 1610 g/mol. The van der Waals surface area contributed by atoms with Crippen LogP contribution >= 0.6 is 0 Å². The van der Waals surface area contributed by atoms with E-state index in [2.05, 4.69) is 33.4 Å². The first-order chi connectivity index (χ1) is 55.0. The number of carbonyl (C=O) groups is 12. The van der Waals surface area contributed by atoms with E-state index in [0.717, 1.165) is 43.9 Å². The Morgan fingerprint density at radius 2 is 0.966 bits per heavy atom. The molecule has 32 nitrogen and oxygen atoms in total. The van der Waals surface area contributed by atoms with Crippen molar-refractivity contribution in [2.75, 3.05) is 73.8 Å². The fourth-order valence-electron chi connectivity index (χ4n) is 17.6. The van der Waals surface area contributed by atoms with Crippen LogP contribution in [0.15, 0.2) is 57.7 Å². The number of nitrogens with zero attached hydrogens (tertiary/aromatic N) is 5. The summed E-state index contributed by atoms with van der Waals surface area (Å²) >= 11 is 0. The highest BCUT2D eigenvalue weighted by Gasteiger charge is 2.51. The Morgan fingerprint density at radius 1 is 0.543 bits per heavy atom. The van der Waals surface area contributed by atoms with E-state index < -0.39 is 196 Å². The number of Topliss-reactive ketones (excluding diaryl/α,β-unsaturated/α-hetero) is 2. The molecule has 16 unspecified atom stereocenters. The van der Waals surface area contributed by atoms with E-state index in [0.29, 0.717) is 69.1 Å². The number of benzene rings is 4. The van der Waals surface area contributed by atoms with Crippen LogP contribution in [0.3, 0.4) is 0 Å². The molecule has 2 saturated carbocycles. The number of hydrogen-bond acceptors (Lipinski definition) is 24. The molecule has 0 bridgehead atoms. The van der Waals surface area contributed by atoms with E-state index in [9.17, 15) is 52.7 Å². The van der Waals surface area contributed by atoms with Gasteiger partial charge in [-0.25, -0.2) is 14.6 Å². The van der Waals surface area contributed by atoms with Gasteiger partial charge in [0.05, 0.1) is 67.4 Å². The molecule has 0 aromatic heterocycles. The van der Waals surface area contributed by atoms with E-state index in [1.54, 1.807) is 62.3 Å². The van der Waals surface area contributed by atoms with Crippen LogP contribution in [0.5, 0.6) is 23.0 Å². The maximum atomic E-state index is 15.2. The average molecular weight is 1610 g/mol. The van der Waals surface area contributed by atoms with Crippen molar-refractivity contribution in [3.05, 3.63) is 92.1 Å². The number of likely N-dealkylation sites (N-methyl/N-ethyl adjacent to an activating group) is 4. The Morgan fingerprint density at radius 3 is 1.40 bits per heavy atom. The Labute approximate surface area is 672 Å². The molecule has 624 valence electrons. The number of fused-ring (bicyclic) bond motifs is 7. The number of amides is 8. The number of rotatable bonds is 10. The van der Waals surface area contributed by atoms with Gasteiger partial charge in [0.15, 0.2) is 45.9 Å². The first-order valence-electron chi connectivity index (χ1n) is 39.9. The zero-order valence-electron chi connectivity index (χ0n) is 68.4. The van der Waals surface area contributed by atoms with Crippen molar-refractivity contribution in [3.8, 4) is 34.5 Å². The van der Waals surface area contributed by atoms with Crippen molar-refractivity contribution in [1.82, 2.24) is 45.9 Å². The Balaban J connectivity index is 0.000000394. The average Bonchev–Trinajstić information content (AvgIpc) is 1.03. The molecule has 3 aliphatic carbocycles. The summed E-state index contributed by atoms with van der Waals surface area (Å²) < 4.78 is 52.5. The predicted octanol–water partition coefficient (Wildman–Crippen LogP) is 5.93. The summed E-state index contributed by atoms with van der Waals surface area (Å²) in [7, 11) is 5.66. The van der Waals surface area contributed by atoms with Crippen LogP contribution in [0.1, 0.15) is 163 Å². The summed E-state index contributed by atoms with van der Waals surface area (Å²) in [5, 5.41) is 10.8. The maximum Gasteiger partial charge on any atom is 0.329 e. The number of cyclic esters (lactones) is 2. The topological polar surface area (TPSA) is 409 Å². The van der Waals surface area contributed by atoms with E-state index in [1.165, 1.54) is 70.9 Å². The minimum atomic E-state index is -1.86. The summed E-state index contributed by atoms with van der Waals surface area (Å²) in [5.74, 6) is -11.1. The fourth-order valence-corrected chi connectivity index (χ4v) is 17.6. The molecule has 0 radical (unpaired) electrons. The second kappa shape index (κ2) is 34.6. The van der Waals surface area contributed by atoms with Gasteiger partial charge >= 0.3 is 11.9 Å². The summed E-state index contributed by atoms with van der Waals surface area (Å²) in [5.41, 5.74) is 5.91. The largest absolute Gasteiger partial charge is 0.458 e. The smallest absolute Gasteiger partial charge is 0.329 e. The van der Waals surface area contributed by atoms with Gasteiger partial charge in [-0.05, 0) is 124 Å². The quantitative estimate of drug-likeness (QED) is 0.0614. The van der Waals surface area contributed by atoms with Crippen molar-refractivity contribution in [3.63, 3.8) is 0 Å². The molecular formula is C84H106N10O22. The van der Waals surface area contributed by atoms with Gasteiger partial charge in [-0.3, -0.25) is 52.7 Å². The standard InChI is InChI=1S/C64H88N10O16.C20H18O6/c1-27(2)44-53(78)35-19-17-21-37(35)61(84)71(13)25-40(75)73(15)50(29(5)6)63(86)88-33(11)46(59(82)67-44)69-57(80)39-24-23-31(9)55-48(39)66-49-42(43(65)52(77)32(10)56(49)90-55)58(81)70-47-34(12)89-64(87)51(30(7)8)74(16)41(76)26-72(14)62(85)38-22-18-20-36(38)54(79)45(28(3)4)68-60(47)83;1-3-15-17(25-9-23-15)5-11(1)19-13-7-22-20(14(13)8-21-19)12-2-4-16-18(6-12)26-10-24-16/h23-24,27-30,33-38,44-47,50-51H,17-22,25-26,65H2,1-16H3,(H,67,82)(H,68,83)(H,69,80)(H,70,81);1-6,13-14,19-20H,7-10H2. The number of hydrogen-bond donors (Lipinski definition) is 5. The van der Waals surface area contributed by atoms with E-state index in [4.69, 9.17) is 53.0 Å². The molecule has 7 aliphatic heterocycles. The second-order valence-corrected chi connectivity index (χ2v) is 33.3. The number of nitrogen functional groups attached to an aromatic ring is 1. The van der Waals surface area contributed by atoms with Crippen LogP contribution in [-0.4, -0.2) is 212 Å². The highest BCUT2D eigenvalue weighted by molar-refractivity contribution is 6.11. The number of anilines is 1. The van der Waals surface area contributed by atoms with Gasteiger partial charge in [-0.15, -0.1) is 0 Å². The fraction of sp³-hybridized carbons (Fsp3) is 0.571. The number of esters is 2. The molecule has 6 fully saturated rings. The van der Waals surface area contributed by atoms with Crippen LogP contribution in [0, 0.1) is 73.0 Å². The summed E-state index contributed by atoms with van der Waals surface area (Å²) in [4.78, 5) is 197. The lowest BCUT2D eigenvalue weighted by atomic mass is 9.83. The summed E-state index contributed by atoms with van der Waals surface area (Å²) in [6, 6.07) is 6.39. The number of aryl methyl sites for hydroxylation is 1. The SMILES string of the molecule is Cc1c2oc3c(C)ccc(C(=O)NC4C(=O)NC(C(C)C)C(=O)C5CCCC5C(=O)N(C)CC(=O)N(C)C(C(C)C)C(=O)OC4C)c3nc-2c(C(=O)NC2C(=O)NC(C(C)C)C(=O)C3CCCC3C(=O)N(C)CC(=O)N(C)C(C(C)C)C(=O)OC2C)c(N)c1=O.c1cc2c(cc1C1OCC3C(c4ccc5c(c4)OCO5)OCC13)OCO2. The molecule has 32 heteroatoms. The van der Waals surface area contributed by atoms with Crippen LogP contribution < -0.4 is 51.4 Å². The molecule has 16 atom stereocenters. The van der Waals surface area contributed by atoms with Crippen LogP contribution in [-0.2, 0) is 66.9 Å². The third-order valence-corrected chi connectivity index (χ3v) is 24.1. The molecule has 10 aliphatic rings. The Bertz CT molecular complexity index is 4680. The molecule has 13 rings (SSSR count). The van der Waals surface area contributed by atoms with Crippen molar-refractivity contribution < 1.29 is 99.8 Å². The highest BCUT2D eigenvalue weighted by atomic mass is 16.7. The summed E-state index contributed by atoms with van der Waals surface area (Å²) in [6.07, 6.45) is -0.611. The molecule has 8 amide bonds. The lowest BCUT2D eigenvalue weighted by Crippen LogP contribution is -2.59. The number of nitrogens with two attached hydrogens (primary N) is 1. The normalized spacial score (nSPS) is 28.4. The first kappa shape index (κ1) is 84.6. The first-order valence-corrected chi connectivity index (χ1v) is 39.9. The minimum absolute atomic E-state index is 0.0218. The van der Waals surface area contributed by atoms with E-state index in [-0.39, 0.29) is 59.5 Å². The molecule has 3 aromatic carbocycles. The molecule has 3 aromatic rings. The zero-order chi connectivity index (χ0) is 84.1. The van der Waals surface area contributed by atoms with Crippen molar-refractivity contribution >= 4 is 87.5 Å². The van der Waals surface area contributed by atoms with Crippen LogP contribution in [0.2, 0.25) is 0 Å². The lowest BCUT2D eigenvalue weighted by molar-refractivity contribution is -0.163. The van der Waals surface area contributed by atoms with Gasteiger partial charge < -0.3 is 88.9 Å².